The van der Waals surface area contributed by atoms with E-state index < -0.39 is 17.4 Å². The predicted molar refractivity (Wildman–Crippen MR) is 56.0 cm³/mol. The SMILES string of the molecule is C=C(C)CCOc1c(F)cc(C#N)cc1F. The smallest absolute Gasteiger partial charge is 0.190 e. The lowest BCUT2D eigenvalue weighted by Crippen LogP contribution is -2.02. The topological polar surface area (TPSA) is 33.0 Å². The van der Waals surface area contributed by atoms with Crippen LogP contribution in [0.5, 0.6) is 5.75 Å². The zero-order chi connectivity index (χ0) is 12.1. The fourth-order valence-electron chi connectivity index (χ4n) is 1.09. The third kappa shape index (κ3) is 3.06. The van der Waals surface area contributed by atoms with Gasteiger partial charge in [0, 0.05) is 6.42 Å². The van der Waals surface area contributed by atoms with Crippen LogP contribution in [0.4, 0.5) is 8.78 Å². The largest absolute Gasteiger partial charge is 0.487 e. The summed E-state index contributed by atoms with van der Waals surface area (Å²) >= 11 is 0. The monoisotopic (exact) mass is 223 g/mol. The van der Waals surface area contributed by atoms with Crippen LogP contribution in [0, 0.1) is 23.0 Å². The molecule has 0 atom stereocenters. The molecule has 0 aliphatic rings. The van der Waals surface area contributed by atoms with E-state index in [1.807, 2.05) is 0 Å². The van der Waals surface area contributed by atoms with Crippen LogP contribution >= 0.6 is 0 Å². The second-order valence-electron chi connectivity index (χ2n) is 3.44. The van der Waals surface area contributed by atoms with Crippen molar-refractivity contribution in [3.8, 4) is 11.8 Å². The Kier molecular flexibility index (Phi) is 4.01. The number of halogens is 2. The zero-order valence-electron chi connectivity index (χ0n) is 8.89. The molecule has 1 aromatic carbocycles. The molecule has 1 rings (SSSR count). The minimum Gasteiger partial charge on any atom is -0.487 e. The Labute approximate surface area is 92.8 Å². The number of benzene rings is 1. The maximum Gasteiger partial charge on any atom is 0.190 e. The summed E-state index contributed by atoms with van der Waals surface area (Å²) in [5.74, 6) is -2.17. The molecule has 84 valence electrons. The Morgan fingerprint density at radius 1 is 1.44 bits per heavy atom. The molecule has 0 saturated heterocycles. The molecule has 0 bridgehead atoms. The fraction of sp³-hybridized carbons (Fsp3) is 0.250. The van der Waals surface area contributed by atoms with Crippen molar-refractivity contribution in [2.45, 2.75) is 13.3 Å². The standard InChI is InChI=1S/C12H11F2NO/c1-8(2)3-4-16-12-10(13)5-9(7-15)6-11(12)14/h5-6H,1,3-4H2,2H3. The minimum atomic E-state index is -0.863. The quantitative estimate of drug-likeness (QED) is 0.734. The fourth-order valence-corrected chi connectivity index (χ4v) is 1.09. The Morgan fingerprint density at radius 2 is 2.00 bits per heavy atom. The van der Waals surface area contributed by atoms with E-state index in [0.29, 0.717) is 6.42 Å². The summed E-state index contributed by atoms with van der Waals surface area (Å²) in [4.78, 5) is 0. The van der Waals surface area contributed by atoms with E-state index in [2.05, 4.69) is 6.58 Å². The van der Waals surface area contributed by atoms with E-state index >= 15 is 0 Å². The van der Waals surface area contributed by atoms with Crippen LogP contribution in [0.3, 0.4) is 0 Å². The molecule has 0 spiro atoms. The predicted octanol–water partition coefficient (Wildman–Crippen LogP) is 3.18. The van der Waals surface area contributed by atoms with Gasteiger partial charge in [-0.2, -0.15) is 5.26 Å². The number of hydrogen-bond acceptors (Lipinski definition) is 2. The molecule has 0 unspecified atom stereocenters. The van der Waals surface area contributed by atoms with Crippen LogP contribution in [-0.4, -0.2) is 6.61 Å². The van der Waals surface area contributed by atoms with Gasteiger partial charge in [0.05, 0.1) is 18.2 Å². The molecule has 0 amide bonds. The number of ether oxygens (including phenoxy) is 1. The van der Waals surface area contributed by atoms with Crippen molar-refractivity contribution in [3.05, 3.63) is 41.5 Å². The van der Waals surface area contributed by atoms with E-state index in [-0.39, 0.29) is 12.2 Å². The maximum atomic E-state index is 13.3. The van der Waals surface area contributed by atoms with Crippen molar-refractivity contribution in [3.63, 3.8) is 0 Å². The van der Waals surface area contributed by atoms with Crippen molar-refractivity contribution in [2.75, 3.05) is 6.61 Å². The van der Waals surface area contributed by atoms with Gasteiger partial charge in [0.1, 0.15) is 0 Å². The van der Waals surface area contributed by atoms with Gasteiger partial charge in [-0.3, -0.25) is 0 Å². The van der Waals surface area contributed by atoms with Crippen molar-refractivity contribution < 1.29 is 13.5 Å². The molecule has 16 heavy (non-hydrogen) atoms. The summed E-state index contributed by atoms with van der Waals surface area (Å²) in [5.41, 5.74) is 0.803. The van der Waals surface area contributed by atoms with Gasteiger partial charge in [0.2, 0.25) is 0 Å². The first-order chi connectivity index (χ1) is 7.54. The highest BCUT2D eigenvalue weighted by Crippen LogP contribution is 2.23. The van der Waals surface area contributed by atoms with Crippen molar-refractivity contribution >= 4 is 0 Å². The second-order valence-corrected chi connectivity index (χ2v) is 3.44. The molecule has 1 aromatic rings. The number of nitrogens with zero attached hydrogens (tertiary/aromatic N) is 1. The van der Waals surface area contributed by atoms with Crippen molar-refractivity contribution in [2.24, 2.45) is 0 Å². The van der Waals surface area contributed by atoms with E-state index in [0.717, 1.165) is 17.7 Å². The summed E-state index contributed by atoms with van der Waals surface area (Å²) in [6, 6.07) is 3.55. The number of rotatable bonds is 4. The van der Waals surface area contributed by atoms with Gasteiger partial charge in [-0.05, 0) is 19.1 Å². The molecule has 0 fully saturated rings. The van der Waals surface area contributed by atoms with Crippen molar-refractivity contribution in [1.82, 2.24) is 0 Å². The molecule has 0 saturated carbocycles. The first kappa shape index (κ1) is 12.2. The maximum absolute atomic E-state index is 13.3. The van der Waals surface area contributed by atoms with E-state index in [9.17, 15) is 8.78 Å². The van der Waals surface area contributed by atoms with Gasteiger partial charge >= 0.3 is 0 Å². The van der Waals surface area contributed by atoms with Gasteiger partial charge in [-0.15, -0.1) is 6.58 Å². The van der Waals surface area contributed by atoms with Gasteiger partial charge in [0.15, 0.2) is 17.4 Å². The van der Waals surface area contributed by atoms with Gasteiger partial charge in [0.25, 0.3) is 0 Å². The van der Waals surface area contributed by atoms with E-state index in [1.165, 1.54) is 0 Å². The molecule has 2 nitrogen and oxygen atoms in total. The first-order valence-electron chi connectivity index (χ1n) is 4.71. The highest BCUT2D eigenvalue weighted by molar-refractivity contribution is 5.37. The molecule has 0 radical (unpaired) electrons. The van der Waals surface area contributed by atoms with Gasteiger partial charge in [-0.1, -0.05) is 5.57 Å². The Bertz CT molecular complexity index is 426. The molecule has 0 N–H and O–H groups in total. The third-order valence-corrected chi connectivity index (χ3v) is 1.90. The molecule has 4 heteroatoms. The summed E-state index contributed by atoms with van der Waals surface area (Å²) < 4.78 is 31.5. The highest BCUT2D eigenvalue weighted by atomic mass is 19.1. The van der Waals surface area contributed by atoms with Crippen molar-refractivity contribution in [1.29, 1.82) is 5.26 Å². The summed E-state index contributed by atoms with van der Waals surface area (Å²) in [7, 11) is 0. The van der Waals surface area contributed by atoms with Crippen LogP contribution in [0.2, 0.25) is 0 Å². The zero-order valence-corrected chi connectivity index (χ0v) is 8.89. The Morgan fingerprint density at radius 3 is 2.44 bits per heavy atom. The third-order valence-electron chi connectivity index (χ3n) is 1.90. The molecule has 0 aliphatic heterocycles. The lowest BCUT2D eigenvalue weighted by Gasteiger charge is -2.08. The van der Waals surface area contributed by atoms with E-state index in [4.69, 9.17) is 10.00 Å². The Hall–Kier alpha value is -1.89. The average Bonchev–Trinajstić information content (AvgIpc) is 2.21. The van der Waals surface area contributed by atoms with Crippen LogP contribution < -0.4 is 4.74 Å². The molecule has 0 aromatic heterocycles. The minimum absolute atomic E-state index is 0.0674. The Balaban J connectivity index is 2.81. The normalized spacial score (nSPS) is 9.62. The average molecular weight is 223 g/mol. The second kappa shape index (κ2) is 5.26. The molecular formula is C12H11F2NO. The molecule has 0 aliphatic carbocycles. The van der Waals surface area contributed by atoms with Crippen LogP contribution in [0.15, 0.2) is 24.3 Å². The number of hydrogen-bond donors (Lipinski definition) is 0. The van der Waals surface area contributed by atoms with Gasteiger partial charge < -0.3 is 4.74 Å². The van der Waals surface area contributed by atoms with Crippen LogP contribution in [0.25, 0.3) is 0 Å². The molecule has 0 heterocycles. The van der Waals surface area contributed by atoms with E-state index in [1.54, 1.807) is 13.0 Å². The summed E-state index contributed by atoms with van der Waals surface area (Å²) in [6.07, 6.45) is 0.527. The highest BCUT2D eigenvalue weighted by Gasteiger charge is 2.12. The number of nitriles is 1. The lowest BCUT2D eigenvalue weighted by atomic mass is 10.2. The summed E-state index contributed by atoms with van der Waals surface area (Å²) in [6.45, 7) is 5.61. The lowest BCUT2D eigenvalue weighted by molar-refractivity contribution is 0.288. The van der Waals surface area contributed by atoms with Gasteiger partial charge in [-0.25, -0.2) is 8.78 Å². The van der Waals surface area contributed by atoms with Crippen LogP contribution in [-0.2, 0) is 0 Å². The van der Waals surface area contributed by atoms with Crippen LogP contribution in [0.1, 0.15) is 18.9 Å². The first-order valence-corrected chi connectivity index (χ1v) is 4.71. The molecular weight excluding hydrogens is 212 g/mol. The summed E-state index contributed by atoms with van der Waals surface area (Å²) in [5, 5.41) is 8.49.